The maximum Gasteiger partial charge on any atom is 0.410 e. The maximum atomic E-state index is 12.5. The van der Waals surface area contributed by atoms with Gasteiger partial charge in [0.05, 0.1) is 19.8 Å². The van der Waals surface area contributed by atoms with E-state index < -0.39 is 17.5 Å². The van der Waals surface area contributed by atoms with Crippen LogP contribution in [-0.4, -0.2) is 68.0 Å². The smallest absolute Gasteiger partial charge is 0.410 e. The minimum absolute atomic E-state index is 0.259. The molecule has 40 heavy (non-hydrogen) atoms. The Morgan fingerprint density at radius 1 is 0.975 bits per heavy atom. The number of rotatable bonds is 13. The van der Waals surface area contributed by atoms with Gasteiger partial charge in [-0.2, -0.15) is 0 Å². The fourth-order valence-corrected chi connectivity index (χ4v) is 5.17. The normalized spacial score (nSPS) is 12.9. The quantitative estimate of drug-likeness (QED) is 0.212. The van der Waals surface area contributed by atoms with Crippen LogP contribution in [-0.2, 0) is 49.7 Å². The molecule has 1 N–H and O–H groups in total. The zero-order chi connectivity index (χ0) is 29.1. The average molecular weight is 577 g/mol. The first-order valence-electron chi connectivity index (χ1n) is 13.6. The summed E-state index contributed by atoms with van der Waals surface area (Å²) in [6.07, 6.45) is 1.27. The third kappa shape index (κ3) is 10.0. The molecule has 1 amide bonds. The van der Waals surface area contributed by atoms with Crippen molar-refractivity contribution < 1.29 is 38.1 Å². The van der Waals surface area contributed by atoms with E-state index in [0.29, 0.717) is 37.6 Å². The fourth-order valence-electron chi connectivity index (χ4n) is 4.03. The van der Waals surface area contributed by atoms with Gasteiger partial charge < -0.3 is 33.9 Å². The molecule has 1 aliphatic heterocycles. The number of carbonyl (C=O) groups is 3. The molecule has 0 atom stereocenters. The Hall–Kier alpha value is -3.31. The molecule has 0 bridgehead atoms. The summed E-state index contributed by atoms with van der Waals surface area (Å²) in [5.41, 5.74) is 1.65. The van der Waals surface area contributed by atoms with E-state index in [1.807, 2.05) is 26.8 Å². The molecule has 0 radical (unpaired) electrons. The molecule has 0 unspecified atom stereocenters. The Kier molecular flexibility index (Phi) is 11.6. The van der Waals surface area contributed by atoms with Gasteiger partial charge >= 0.3 is 18.0 Å². The fraction of sp³-hybridized carbons (Fsp3) is 0.552. The van der Waals surface area contributed by atoms with Gasteiger partial charge in [0.25, 0.3) is 0 Å². The van der Waals surface area contributed by atoms with E-state index in [2.05, 4.69) is 11.4 Å². The van der Waals surface area contributed by atoms with Crippen LogP contribution in [0.3, 0.4) is 0 Å². The molecular formula is C29H40N2O8S. The molecule has 0 fully saturated rings. The maximum absolute atomic E-state index is 12.5. The zero-order valence-electron chi connectivity index (χ0n) is 24.0. The average Bonchev–Trinajstić information content (AvgIpc) is 3.31. The molecule has 0 spiro atoms. The number of nitrogens with zero attached hydrogens (tertiary/aromatic N) is 1. The first-order valence-corrected chi connectivity index (χ1v) is 14.4. The van der Waals surface area contributed by atoms with Crippen molar-refractivity contribution >= 4 is 29.4 Å². The van der Waals surface area contributed by atoms with Crippen molar-refractivity contribution in [3.8, 4) is 11.5 Å². The van der Waals surface area contributed by atoms with Gasteiger partial charge in [0.2, 0.25) is 0 Å². The van der Waals surface area contributed by atoms with E-state index in [0.717, 1.165) is 18.5 Å². The predicted octanol–water partition coefficient (Wildman–Crippen LogP) is 4.26. The van der Waals surface area contributed by atoms with Gasteiger partial charge in [-0.3, -0.25) is 0 Å². The second-order valence-electron chi connectivity index (χ2n) is 10.2. The zero-order valence-corrected chi connectivity index (χ0v) is 24.8. The van der Waals surface area contributed by atoms with Crippen molar-refractivity contribution in [2.75, 3.05) is 39.5 Å². The molecule has 220 valence electrons. The van der Waals surface area contributed by atoms with Crippen LogP contribution in [0.5, 0.6) is 11.5 Å². The number of benzene rings is 1. The highest BCUT2D eigenvalue weighted by Gasteiger charge is 2.27. The van der Waals surface area contributed by atoms with Gasteiger partial charge in [-0.25, -0.2) is 14.4 Å². The van der Waals surface area contributed by atoms with Gasteiger partial charge in [0.1, 0.15) is 5.60 Å². The lowest BCUT2D eigenvalue weighted by Crippen LogP contribution is -2.39. The third-order valence-electron chi connectivity index (χ3n) is 5.77. The number of hydrogen-bond acceptors (Lipinski definition) is 10. The number of hydrogen-bond donors (Lipinski definition) is 1. The van der Waals surface area contributed by atoms with Crippen molar-refractivity contribution in [2.24, 2.45) is 0 Å². The summed E-state index contributed by atoms with van der Waals surface area (Å²) >= 11 is 1.78. The Bertz CT molecular complexity index is 1160. The van der Waals surface area contributed by atoms with Crippen molar-refractivity contribution in [3.05, 3.63) is 45.1 Å². The third-order valence-corrected chi connectivity index (χ3v) is 7.01. The van der Waals surface area contributed by atoms with Gasteiger partial charge in [-0.15, -0.1) is 11.3 Å². The van der Waals surface area contributed by atoms with Crippen LogP contribution in [0.2, 0.25) is 0 Å². The number of thiophene rings is 1. The van der Waals surface area contributed by atoms with E-state index in [9.17, 15) is 14.4 Å². The lowest BCUT2D eigenvalue weighted by atomic mass is 10.1. The summed E-state index contributed by atoms with van der Waals surface area (Å²) in [7, 11) is 0. The molecular weight excluding hydrogens is 536 g/mol. The number of amides is 1. The van der Waals surface area contributed by atoms with E-state index in [1.165, 1.54) is 15.3 Å². The van der Waals surface area contributed by atoms with Crippen molar-refractivity contribution in [2.45, 2.75) is 66.2 Å². The first kappa shape index (κ1) is 31.2. The van der Waals surface area contributed by atoms with Crippen LogP contribution >= 0.6 is 11.3 Å². The summed E-state index contributed by atoms with van der Waals surface area (Å²) in [4.78, 5) is 40.2. The Morgan fingerprint density at radius 2 is 1.65 bits per heavy atom. The largest absolute Gasteiger partial charge is 0.478 e. The molecule has 1 aromatic carbocycles. The molecule has 3 rings (SSSR count). The number of esters is 2. The molecule has 11 heteroatoms. The summed E-state index contributed by atoms with van der Waals surface area (Å²) in [6.45, 7) is 11.7. The van der Waals surface area contributed by atoms with Crippen molar-refractivity contribution in [1.82, 2.24) is 10.2 Å². The Balaban J connectivity index is 1.53. The van der Waals surface area contributed by atoms with Gasteiger partial charge in [0, 0.05) is 22.8 Å². The van der Waals surface area contributed by atoms with Crippen molar-refractivity contribution in [3.63, 3.8) is 0 Å². The van der Waals surface area contributed by atoms with Crippen molar-refractivity contribution in [1.29, 1.82) is 0 Å². The summed E-state index contributed by atoms with van der Waals surface area (Å²) in [5.74, 6) is -0.271. The van der Waals surface area contributed by atoms with Gasteiger partial charge in [0.15, 0.2) is 24.7 Å². The lowest BCUT2D eigenvalue weighted by molar-refractivity contribution is -0.146. The Labute approximate surface area is 239 Å². The molecule has 1 aromatic heterocycles. The van der Waals surface area contributed by atoms with Crippen LogP contribution < -0.4 is 14.8 Å². The first-order chi connectivity index (χ1) is 19.1. The van der Waals surface area contributed by atoms with Crippen LogP contribution in [0, 0.1) is 0 Å². The predicted molar refractivity (Wildman–Crippen MR) is 151 cm³/mol. The van der Waals surface area contributed by atoms with E-state index in [-0.39, 0.29) is 32.5 Å². The highest BCUT2D eigenvalue weighted by atomic mass is 32.1. The van der Waals surface area contributed by atoms with Crippen LogP contribution in [0.4, 0.5) is 4.79 Å². The molecule has 0 saturated carbocycles. The topological polar surface area (TPSA) is 113 Å². The molecule has 2 aromatic rings. The van der Waals surface area contributed by atoms with E-state index in [4.69, 9.17) is 23.7 Å². The van der Waals surface area contributed by atoms with E-state index in [1.54, 1.807) is 42.2 Å². The van der Waals surface area contributed by atoms with Gasteiger partial charge in [-0.1, -0.05) is 6.07 Å². The van der Waals surface area contributed by atoms with Crippen LogP contribution in [0.25, 0.3) is 0 Å². The highest BCUT2D eigenvalue weighted by Crippen LogP contribution is 2.30. The Morgan fingerprint density at radius 3 is 2.30 bits per heavy atom. The monoisotopic (exact) mass is 576 g/mol. The second kappa shape index (κ2) is 14.9. The minimum atomic E-state index is -0.509. The highest BCUT2D eigenvalue weighted by molar-refractivity contribution is 7.12. The number of nitrogens with one attached hydrogen (secondary N) is 1. The molecule has 10 nitrogen and oxygen atoms in total. The summed E-state index contributed by atoms with van der Waals surface area (Å²) in [6, 6.07) is 7.59. The number of carbonyl (C=O) groups excluding carboxylic acids is 3. The SMILES string of the molecule is CCOC(=O)COc1ccc(CCNCc2cc3c(s2)CCN(C(=O)OC(C)(C)C)C3)cc1OCC(=O)OCC. The van der Waals surface area contributed by atoms with Gasteiger partial charge in [-0.05, 0) is 83.3 Å². The lowest BCUT2D eigenvalue weighted by Gasteiger charge is -2.29. The minimum Gasteiger partial charge on any atom is -0.478 e. The second-order valence-corrected chi connectivity index (χ2v) is 11.4. The van der Waals surface area contributed by atoms with E-state index >= 15 is 0 Å². The number of ether oxygens (including phenoxy) is 5. The number of fused-ring (bicyclic) bond motifs is 1. The molecule has 0 saturated heterocycles. The van der Waals surface area contributed by atoms with Crippen LogP contribution in [0.1, 0.15) is 55.5 Å². The molecule has 2 heterocycles. The standard InChI is InChI=1S/C29H40N2O8S/c1-6-35-26(32)18-37-23-9-8-20(14-24(23)38-19-27(33)36-7-2)10-12-30-16-22-15-21-17-31(13-11-25(21)40-22)28(34)39-29(3,4)5/h8-9,14-15,30H,6-7,10-13,16-19H2,1-5H3. The molecule has 0 aliphatic carbocycles. The molecule has 1 aliphatic rings. The van der Waals surface area contributed by atoms with Crippen LogP contribution in [0.15, 0.2) is 24.3 Å². The summed E-state index contributed by atoms with van der Waals surface area (Å²) < 4.78 is 26.6. The summed E-state index contributed by atoms with van der Waals surface area (Å²) in [5, 5.41) is 3.48.